The zero-order valence-electron chi connectivity index (χ0n) is 15.1. The van der Waals surface area contributed by atoms with E-state index in [2.05, 4.69) is 10.4 Å². The molecular weight excluding hydrogens is 336 g/mol. The Morgan fingerprint density at radius 2 is 1.96 bits per heavy atom. The van der Waals surface area contributed by atoms with Gasteiger partial charge in [-0.05, 0) is 45.0 Å². The molecule has 2 rings (SSSR count). The van der Waals surface area contributed by atoms with Gasteiger partial charge in [0.15, 0.2) is 12.7 Å². The molecule has 0 aliphatic heterocycles. The van der Waals surface area contributed by atoms with Gasteiger partial charge in [-0.3, -0.25) is 9.48 Å². The molecule has 136 valence electrons. The van der Waals surface area contributed by atoms with Gasteiger partial charge in [0.1, 0.15) is 5.75 Å². The summed E-state index contributed by atoms with van der Waals surface area (Å²) in [5.74, 6) is -0.688. The minimum atomic E-state index is -0.891. The van der Waals surface area contributed by atoms with Crippen molar-refractivity contribution in [2.45, 2.75) is 26.9 Å². The molecule has 8 nitrogen and oxygen atoms in total. The van der Waals surface area contributed by atoms with Crippen LogP contribution in [0.15, 0.2) is 24.3 Å². The summed E-state index contributed by atoms with van der Waals surface area (Å²) in [5.41, 5.74) is 2.59. The lowest BCUT2D eigenvalue weighted by atomic mass is 10.2. The molecule has 1 aromatic carbocycles. The highest BCUT2D eigenvalue weighted by Crippen LogP contribution is 2.18. The summed E-state index contributed by atoms with van der Waals surface area (Å²) in [6, 6.07) is 8.33. The minimum absolute atomic E-state index is 0.423. The summed E-state index contributed by atoms with van der Waals surface area (Å²) in [7, 11) is 1.78. The number of hydrogen-bond acceptors (Lipinski definition) is 6. The van der Waals surface area contributed by atoms with Gasteiger partial charge in [-0.15, -0.1) is 0 Å². The monoisotopic (exact) mass is 356 g/mol. The van der Waals surface area contributed by atoms with E-state index in [1.54, 1.807) is 42.9 Å². The van der Waals surface area contributed by atoms with Crippen LogP contribution in [0.2, 0.25) is 0 Å². The number of nitriles is 1. The second-order valence-electron chi connectivity index (χ2n) is 5.72. The van der Waals surface area contributed by atoms with E-state index in [-0.39, 0.29) is 0 Å². The maximum Gasteiger partial charge on any atom is 0.347 e. The minimum Gasteiger partial charge on any atom is -0.479 e. The fourth-order valence-corrected chi connectivity index (χ4v) is 2.24. The topological polar surface area (TPSA) is 106 Å². The molecule has 0 radical (unpaired) electrons. The van der Waals surface area contributed by atoms with Gasteiger partial charge in [0, 0.05) is 7.05 Å². The molecule has 0 aliphatic carbocycles. The Kier molecular flexibility index (Phi) is 5.96. The van der Waals surface area contributed by atoms with E-state index >= 15 is 0 Å². The first-order valence-corrected chi connectivity index (χ1v) is 7.95. The molecule has 0 saturated carbocycles. The van der Waals surface area contributed by atoms with Crippen molar-refractivity contribution in [3.63, 3.8) is 0 Å². The molecule has 1 aromatic heterocycles. The van der Waals surface area contributed by atoms with Gasteiger partial charge < -0.3 is 14.8 Å². The van der Waals surface area contributed by atoms with Crippen LogP contribution in [0.3, 0.4) is 0 Å². The summed E-state index contributed by atoms with van der Waals surface area (Å²) < 4.78 is 12.1. The second kappa shape index (κ2) is 8.16. The number of carbonyl (C=O) groups is 2. The molecule has 26 heavy (non-hydrogen) atoms. The summed E-state index contributed by atoms with van der Waals surface area (Å²) in [6.45, 7) is 4.71. The van der Waals surface area contributed by atoms with Crippen LogP contribution in [-0.2, 0) is 21.4 Å². The largest absolute Gasteiger partial charge is 0.479 e. The van der Waals surface area contributed by atoms with Crippen LogP contribution in [0.4, 0.5) is 5.69 Å². The first-order valence-electron chi connectivity index (χ1n) is 7.95. The molecule has 1 amide bonds. The third kappa shape index (κ3) is 4.60. The molecule has 1 N–H and O–H groups in total. The number of amides is 1. The van der Waals surface area contributed by atoms with Gasteiger partial charge >= 0.3 is 5.97 Å². The highest BCUT2D eigenvalue weighted by Gasteiger charge is 2.19. The molecule has 1 atom stereocenters. The predicted molar refractivity (Wildman–Crippen MR) is 93.5 cm³/mol. The van der Waals surface area contributed by atoms with Crippen LogP contribution in [0.5, 0.6) is 5.75 Å². The lowest BCUT2D eigenvalue weighted by Gasteiger charge is -2.14. The Bertz CT molecular complexity index is 849. The quantitative estimate of drug-likeness (QED) is 0.792. The molecule has 0 spiro atoms. The Morgan fingerprint density at radius 3 is 2.50 bits per heavy atom. The van der Waals surface area contributed by atoms with Crippen LogP contribution < -0.4 is 10.1 Å². The van der Waals surface area contributed by atoms with E-state index in [0.29, 0.717) is 22.7 Å². The Morgan fingerprint density at radius 1 is 1.31 bits per heavy atom. The average molecular weight is 356 g/mol. The lowest BCUT2D eigenvalue weighted by Crippen LogP contribution is -2.29. The van der Waals surface area contributed by atoms with Gasteiger partial charge in [0.2, 0.25) is 0 Å². The van der Waals surface area contributed by atoms with Crippen LogP contribution in [0.25, 0.3) is 0 Å². The van der Waals surface area contributed by atoms with Crippen molar-refractivity contribution < 1.29 is 19.1 Å². The third-order valence-corrected chi connectivity index (χ3v) is 3.75. The lowest BCUT2D eigenvalue weighted by molar-refractivity contribution is -0.153. The number of benzene rings is 1. The predicted octanol–water partition coefficient (Wildman–Crippen LogP) is 1.86. The number of aromatic nitrogens is 2. The van der Waals surface area contributed by atoms with Crippen LogP contribution in [0.1, 0.15) is 23.9 Å². The normalized spacial score (nSPS) is 11.3. The number of aryl methyl sites for hydroxylation is 2. The van der Waals surface area contributed by atoms with Gasteiger partial charge in [0.25, 0.3) is 5.91 Å². The fraction of sp³-hybridized carbons (Fsp3) is 0.333. The van der Waals surface area contributed by atoms with E-state index in [1.807, 2.05) is 13.0 Å². The number of anilines is 1. The number of carbonyl (C=O) groups excluding carboxylic acids is 2. The van der Waals surface area contributed by atoms with Crippen molar-refractivity contribution in [3.05, 3.63) is 41.2 Å². The molecule has 0 aliphatic rings. The van der Waals surface area contributed by atoms with Crippen LogP contribution in [-0.4, -0.2) is 34.4 Å². The number of ether oxygens (including phenoxy) is 2. The van der Waals surface area contributed by atoms with Crippen molar-refractivity contribution in [2.24, 2.45) is 7.05 Å². The average Bonchev–Trinajstić information content (AvgIpc) is 2.86. The SMILES string of the molecule is Cc1nn(C)c(C)c1NC(=O)COC(=O)[C@@H](C)Oc1ccc(C#N)cc1. The highest BCUT2D eigenvalue weighted by molar-refractivity contribution is 5.94. The van der Waals surface area contributed by atoms with Crippen molar-refractivity contribution in [1.82, 2.24) is 9.78 Å². The van der Waals surface area contributed by atoms with Gasteiger partial charge in [-0.1, -0.05) is 0 Å². The molecule has 0 fully saturated rings. The van der Waals surface area contributed by atoms with Crippen LogP contribution in [0, 0.1) is 25.2 Å². The second-order valence-corrected chi connectivity index (χ2v) is 5.72. The zero-order chi connectivity index (χ0) is 19.3. The van der Waals surface area contributed by atoms with E-state index in [9.17, 15) is 9.59 Å². The number of nitrogens with one attached hydrogen (secondary N) is 1. The van der Waals surface area contributed by atoms with Crippen LogP contribution >= 0.6 is 0 Å². The Balaban J connectivity index is 1.84. The first kappa shape index (κ1) is 19.0. The van der Waals surface area contributed by atoms with Crippen molar-refractivity contribution in [1.29, 1.82) is 5.26 Å². The van der Waals surface area contributed by atoms with E-state index < -0.39 is 24.6 Å². The van der Waals surface area contributed by atoms with E-state index in [4.69, 9.17) is 14.7 Å². The number of hydrogen-bond donors (Lipinski definition) is 1. The summed E-state index contributed by atoms with van der Waals surface area (Å²) in [6.07, 6.45) is -0.891. The number of nitrogens with zero attached hydrogens (tertiary/aromatic N) is 3. The molecule has 0 bridgehead atoms. The van der Waals surface area contributed by atoms with Gasteiger partial charge in [-0.25, -0.2) is 4.79 Å². The number of esters is 1. The van der Waals surface area contributed by atoms with E-state index in [0.717, 1.165) is 5.69 Å². The molecule has 8 heteroatoms. The first-order chi connectivity index (χ1) is 12.3. The maximum atomic E-state index is 12.0. The zero-order valence-corrected chi connectivity index (χ0v) is 15.1. The highest BCUT2D eigenvalue weighted by atomic mass is 16.6. The van der Waals surface area contributed by atoms with E-state index in [1.165, 1.54) is 6.92 Å². The smallest absolute Gasteiger partial charge is 0.347 e. The summed E-state index contributed by atoms with van der Waals surface area (Å²) in [4.78, 5) is 24.0. The fourth-order valence-electron chi connectivity index (χ4n) is 2.24. The molecule has 0 saturated heterocycles. The molecular formula is C18H20N4O4. The molecule has 2 aromatic rings. The molecule has 1 heterocycles. The summed E-state index contributed by atoms with van der Waals surface area (Å²) in [5, 5.41) is 15.6. The maximum absolute atomic E-state index is 12.0. The number of rotatable bonds is 6. The van der Waals surface area contributed by atoms with Gasteiger partial charge in [0.05, 0.1) is 28.7 Å². The summed E-state index contributed by atoms with van der Waals surface area (Å²) >= 11 is 0. The third-order valence-electron chi connectivity index (χ3n) is 3.75. The van der Waals surface area contributed by atoms with Crippen molar-refractivity contribution in [3.8, 4) is 11.8 Å². The van der Waals surface area contributed by atoms with Crippen molar-refractivity contribution >= 4 is 17.6 Å². The standard InChI is InChI=1S/C18H20N4O4/c1-11-17(12(2)22(4)21-11)20-16(23)10-25-18(24)13(3)26-15-7-5-14(9-19)6-8-15/h5-8,13H,10H2,1-4H3,(H,20,23)/t13-/m1/s1. The van der Waals surface area contributed by atoms with Gasteiger partial charge in [-0.2, -0.15) is 10.4 Å². The Labute approximate surface area is 151 Å². The van der Waals surface area contributed by atoms with Crippen molar-refractivity contribution in [2.75, 3.05) is 11.9 Å². The molecule has 0 unspecified atom stereocenters. The Hall–Kier alpha value is -3.34.